The molecule has 0 aromatic heterocycles. The van der Waals surface area contributed by atoms with Crippen LogP contribution in [0.3, 0.4) is 0 Å². The minimum atomic E-state index is -1.86. The Balaban J connectivity index is 1.54. The van der Waals surface area contributed by atoms with Crippen LogP contribution in [0, 0.1) is 5.92 Å². The molecule has 0 amide bonds. The fourth-order valence-electron chi connectivity index (χ4n) is 5.11. The number of benzene rings is 2. The molecule has 0 spiro atoms. The number of ether oxygens (including phenoxy) is 7. The summed E-state index contributed by atoms with van der Waals surface area (Å²) in [5.41, 5.74) is -0.591. The molecule has 0 aliphatic carbocycles. The number of hydrogen-bond acceptors (Lipinski definition) is 13. The summed E-state index contributed by atoms with van der Waals surface area (Å²) in [6.07, 6.45) is -7.13. The van der Waals surface area contributed by atoms with Crippen LogP contribution in [0.4, 0.5) is 0 Å². The van der Waals surface area contributed by atoms with E-state index in [1.807, 2.05) is 0 Å². The van der Waals surface area contributed by atoms with Gasteiger partial charge in [-0.1, -0.05) is 6.07 Å². The van der Waals surface area contributed by atoms with E-state index >= 15 is 0 Å². The van der Waals surface area contributed by atoms with Gasteiger partial charge in [0, 0.05) is 12.3 Å². The number of aliphatic hydroxyl groups excluding tert-OH is 4. The Morgan fingerprint density at radius 2 is 1.49 bits per heavy atom. The first-order valence-corrected chi connectivity index (χ1v) is 12.9. The van der Waals surface area contributed by atoms with Gasteiger partial charge in [0.25, 0.3) is 0 Å². The Morgan fingerprint density at radius 3 is 2.07 bits per heavy atom. The second-order valence-electron chi connectivity index (χ2n) is 9.93. The Bertz CT molecular complexity index is 1190. The molecule has 2 saturated heterocycles. The third-order valence-electron chi connectivity index (χ3n) is 7.44. The van der Waals surface area contributed by atoms with Gasteiger partial charge in [-0.25, -0.2) is 4.79 Å². The van der Waals surface area contributed by atoms with E-state index in [0.29, 0.717) is 22.8 Å². The molecule has 4 rings (SSSR count). The summed E-state index contributed by atoms with van der Waals surface area (Å²) < 4.78 is 38.0. The molecule has 2 fully saturated rings. The van der Waals surface area contributed by atoms with Gasteiger partial charge in [0.2, 0.25) is 12.0 Å². The Kier molecular flexibility index (Phi) is 9.47. The van der Waals surface area contributed by atoms with Crippen molar-refractivity contribution >= 4 is 5.97 Å². The van der Waals surface area contributed by atoms with Crippen molar-refractivity contribution in [3.8, 4) is 28.7 Å². The van der Waals surface area contributed by atoms with Gasteiger partial charge in [-0.15, -0.1) is 0 Å². The fourth-order valence-corrected chi connectivity index (χ4v) is 5.11. The number of rotatable bonds is 11. The zero-order valence-corrected chi connectivity index (χ0v) is 23.2. The standard InChI is InChI=1S/C28H36O13/c1-35-18-8-14(5-6-17(18)40-26-24(32)23(31)22(30)21(12-29)41-26)11-28(34)16(13-39-27(28)33)7-15-9-19(36-2)25(38-4)20(10-15)37-3/h5-6,8-10,16,21-24,26,29-32,34H,7,11-13H2,1-4H3/t16-,21+,22+,23-,24+,26+,28-/m0/s1. The second-order valence-corrected chi connectivity index (χ2v) is 9.93. The number of cyclic esters (lactones) is 1. The molecule has 0 radical (unpaired) electrons. The molecule has 41 heavy (non-hydrogen) atoms. The lowest BCUT2D eigenvalue weighted by atomic mass is 9.80. The van der Waals surface area contributed by atoms with Gasteiger partial charge < -0.3 is 58.7 Å². The third-order valence-corrected chi connectivity index (χ3v) is 7.44. The van der Waals surface area contributed by atoms with Crippen molar-refractivity contribution in [3.05, 3.63) is 41.5 Å². The molecule has 2 aliphatic heterocycles. The predicted octanol–water partition coefficient (Wildman–Crippen LogP) is -0.411. The number of carbonyl (C=O) groups excluding carboxylic acids is 1. The summed E-state index contributed by atoms with van der Waals surface area (Å²) in [6, 6.07) is 8.15. The number of esters is 1. The van der Waals surface area contributed by atoms with Gasteiger partial charge in [0.15, 0.2) is 28.6 Å². The van der Waals surface area contributed by atoms with Crippen molar-refractivity contribution in [2.45, 2.75) is 49.1 Å². The van der Waals surface area contributed by atoms with Crippen molar-refractivity contribution in [2.24, 2.45) is 5.92 Å². The molecule has 0 unspecified atom stereocenters. The first-order valence-electron chi connectivity index (χ1n) is 12.9. The van der Waals surface area contributed by atoms with Crippen molar-refractivity contribution < 1.29 is 63.5 Å². The lowest BCUT2D eigenvalue weighted by Gasteiger charge is -2.39. The fraction of sp³-hybridized carbons (Fsp3) is 0.536. The van der Waals surface area contributed by atoms with Crippen molar-refractivity contribution in [1.82, 2.24) is 0 Å². The molecule has 0 bridgehead atoms. The van der Waals surface area contributed by atoms with Crippen molar-refractivity contribution in [3.63, 3.8) is 0 Å². The Hall–Kier alpha value is -3.33. The number of methoxy groups -OCH3 is 4. The van der Waals surface area contributed by atoms with Crippen LogP contribution in [0.25, 0.3) is 0 Å². The molecule has 5 N–H and O–H groups in total. The minimum Gasteiger partial charge on any atom is -0.493 e. The Labute approximate surface area is 236 Å². The lowest BCUT2D eigenvalue weighted by molar-refractivity contribution is -0.277. The maximum atomic E-state index is 12.8. The van der Waals surface area contributed by atoms with Crippen molar-refractivity contribution in [2.75, 3.05) is 41.7 Å². The smallest absolute Gasteiger partial charge is 0.338 e. The van der Waals surface area contributed by atoms with Crippen molar-refractivity contribution in [1.29, 1.82) is 0 Å². The number of carbonyl (C=O) groups is 1. The highest BCUT2D eigenvalue weighted by atomic mass is 16.7. The van der Waals surface area contributed by atoms with Crippen LogP contribution in [0.1, 0.15) is 11.1 Å². The zero-order valence-electron chi connectivity index (χ0n) is 23.2. The van der Waals surface area contributed by atoms with Gasteiger partial charge in [-0.3, -0.25) is 0 Å². The number of aliphatic hydroxyl groups is 5. The van der Waals surface area contributed by atoms with E-state index in [1.54, 1.807) is 24.3 Å². The van der Waals surface area contributed by atoms with E-state index in [4.69, 9.17) is 33.2 Å². The quantitative estimate of drug-likeness (QED) is 0.217. The van der Waals surface area contributed by atoms with Crippen LogP contribution in [0.15, 0.2) is 30.3 Å². The average Bonchev–Trinajstić information content (AvgIpc) is 3.25. The molecular formula is C28H36O13. The summed E-state index contributed by atoms with van der Waals surface area (Å²) in [5.74, 6) is 0.257. The summed E-state index contributed by atoms with van der Waals surface area (Å²) in [5, 5.41) is 51.3. The van der Waals surface area contributed by atoms with Gasteiger partial charge in [-0.05, 0) is 41.8 Å². The summed E-state index contributed by atoms with van der Waals surface area (Å²) >= 11 is 0. The van der Waals surface area contributed by atoms with E-state index in [0.717, 1.165) is 5.56 Å². The van der Waals surface area contributed by atoms with E-state index < -0.39 is 54.8 Å². The highest BCUT2D eigenvalue weighted by Gasteiger charge is 2.51. The van der Waals surface area contributed by atoms with Gasteiger partial charge in [-0.2, -0.15) is 0 Å². The number of hydrogen-bond donors (Lipinski definition) is 5. The lowest BCUT2D eigenvalue weighted by Crippen LogP contribution is -2.60. The molecule has 13 nitrogen and oxygen atoms in total. The van der Waals surface area contributed by atoms with Crippen LogP contribution >= 0.6 is 0 Å². The summed E-state index contributed by atoms with van der Waals surface area (Å²) in [7, 11) is 5.87. The maximum absolute atomic E-state index is 12.8. The normalized spacial score (nSPS) is 29.5. The van der Waals surface area contributed by atoms with Gasteiger partial charge in [0.1, 0.15) is 24.4 Å². The molecule has 226 valence electrons. The van der Waals surface area contributed by atoms with Crippen LogP contribution in [0.2, 0.25) is 0 Å². The van der Waals surface area contributed by atoms with Crippen LogP contribution in [-0.4, -0.2) is 109 Å². The van der Waals surface area contributed by atoms with Crippen LogP contribution in [-0.2, 0) is 27.1 Å². The summed E-state index contributed by atoms with van der Waals surface area (Å²) in [6.45, 7) is -0.603. The van der Waals surface area contributed by atoms with Crippen LogP contribution in [0.5, 0.6) is 28.7 Å². The van der Waals surface area contributed by atoms with Crippen LogP contribution < -0.4 is 23.7 Å². The highest BCUT2D eigenvalue weighted by Crippen LogP contribution is 2.41. The first-order chi connectivity index (χ1) is 19.6. The maximum Gasteiger partial charge on any atom is 0.338 e. The largest absolute Gasteiger partial charge is 0.493 e. The molecule has 2 heterocycles. The molecule has 2 aromatic carbocycles. The van der Waals surface area contributed by atoms with E-state index in [-0.39, 0.29) is 30.9 Å². The van der Waals surface area contributed by atoms with E-state index in [2.05, 4.69) is 0 Å². The molecule has 2 aromatic rings. The Morgan fingerprint density at radius 1 is 0.854 bits per heavy atom. The average molecular weight is 581 g/mol. The third kappa shape index (κ3) is 6.01. The highest BCUT2D eigenvalue weighted by molar-refractivity contribution is 5.82. The topological polar surface area (TPSA) is 183 Å². The van der Waals surface area contributed by atoms with Gasteiger partial charge in [0.05, 0.1) is 41.7 Å². The molecule has 7 atom stereocenters. The van der Waals surface area contributed by atoms with Gasteiger partial charge >= 0.3 is 5.97 Å². The second kappa shape index (κ2) is 12.7. The van der Waals surface area contributed by atoms with E-state index in [1.165, 1.54) is 34.5 Å². The monoisotopic (exact) mass is 580 g/mol. The predicted molar refractivity (Wildman–Crippen MR) is 140 cm³/mol. The zero-order chi connectivity index (χ0) is 29.9. The molecule has 2 aliphatic rings. The first kappa shape index (κ1) is 30.6. The molecular weight excluding hydrogens is 544 g/mol. The minimum absolute atomic E-state index is 0.00142. The SMILES string of the molecule is COc1cc(C[C@@]2(O)C(=O)OC[C@@H]2Cc2cc(OC)c(OC)c(OC)c2)ccc1O[C@@H]1O[C@H](CO)[C@@H](O)[C@H](O)[C@H]1O. The van der Waals surface area contributed by atoms with E-state index in [9.17, 15) is 30.3 Å². The molecule has 0 saturated carbocycles. The molecule has 13 heteroatoms. The summed E-state index contributed by atoms with van der Waals surface area (Å²) in [4.78, 5) is 12.8.